The van der Waals surface area contributed by atoms with E-state index >= 15 is 0 Å². The van der Waals surface area contributed by atoms with Gasteiger partial charge in [-0.3, -0.25) is 0 Å². The van der Waals surface area contributed by atoms with Crippen LogP contribution in [0.2, 0.25) is 0 Å². The zero-order valence-corrected chi connectivity index (χ0v) is 15.4. The maximum Gasteiger partial charge on any atom is 0.404 e. The molecule has 0 amide bonds. The van der Waals surface area contributed by atoms with Crippen molar-refractivity contribution in [2.24, 2.45) is 0 Å². The van der Waals surface area contributed by atoms with E-state index in [1.54, 1.807) is 18.5 Å². The van der Waals surface area contributed by atoms with Crippen molar-refractivity contribution >= 4 is 37.8 Å². The summed E-state index contributed by atoms with van der Waals surface area (Å²) in [5.41, 5.74) is 1.23. The number of hydrogen-bond donors (Lipinski definition) is 2. The van der Waals surface area contributed by atoms with Crippen LogP contribution >= 0.6 is 0 Å². The lowest BCUT2D eigenvalue weighted by molar-refractivity contribution is -0.106. The largest absolute Gasteiger partial charge is 0.404 e. The van der Waals surface area contributed by atoms with Crippen LogP contribution in [0.4, 0.5) is 19.0 Å². The van der Waals surface area contributed by atoms with Crippen molar-refractivity contribution < 1.29 is 21.6 Å². The molecule has 1 atom stereocenters. The SMILES string of the molecule is O=S(=O)(CC(F)(F)F)NC1CCCN(c2nccc3nnc4[nH]ccc4c23)C1. The highest BCUT2D eigenvalue weighted by Crippen LogP contribution is 2.31. The predicted molar refractivity (Wildman–Crippen MR) is 97.4 cm³/mol. The number of nitrogens with zero attached hydrogens (tertiary/aromatic N) is 4. The van der Waals surface area contributed by atoms with E-state index in [0.29, 0.717) is 36.4 Å². The molecule has 4 heterocycles. The first-order valence-corrected chi connectivity index (χ1v) is 10.3. The number of H-pyrrole nitrogens is 1. The van der Waals surface area contributed by atoms with Crippen LogP contribution in [0.25, 0.3) is 21.9 Å². The molecule has 0 aromatic carbocycles. The first-order chi connectivity index (χ1) is 13.2. The number of alkyl halides is 3. The molecule has 0 radical (unpaired) electrons. The summed E-state index contributed by atoms with van der Waals surface area (Å²) in [4.78, 5) is 9.30. The summed E-state index contributed by atoms with van der Waals surface area (Å²) in [5.74, 6) is -1.28. The average molecular weight is 414 g/mol. The summed E-state index contributed by atoms with van der Waals surface area (Å²) in [7, 11) is -4.46. The Bertz CT molecular complexity index is 1110. The molecule has 3 aromatic heterocycles. The molecule has 1 aliphatic rings. The number of pyridine rings is 1. The number of aromatic amines is 1. The second-order valence-corrected chi connectivity index (χ2v) is 8.50. The molecule has 12 heteroatoms. The van der Waals surface area contributed by atoms with E-state index < -0.39 is 28.0 Å². The van der Waals surface area contributed by atoms with Gasteiger partial charge in [0.25, 0.3) is 0 Å². The lowest BCUT2D eigenvalue weighted by atomic mass is 10.1. The lowest BCUT2D eigenvalue weighted by Crippen LogP contribution is -2.49. The summed E-state index contributed by atoms with van der Waals surface area (Å²) < 4.78 is 63.3. The van der Waals surface area contributed by atoms with Crippen LogP contribution < -0.4 is 9.62 Å². The van der Waals surface area contributed by atoms with Gasteiger partial charge >= 0.3 is 6.18 Å². The minimum atomic E-state index is -4.78. The molecular weight excluding hydrogens is 397 g/mol. The van der Waals surface area contributed by atoms with Gasteiger partial charge in [-0.2, -0.15) is 13.2 Å². The van der Waals surface area contributed by atoms with Crippen molar-refractivity contribution in [3.8, 4) is 0 Å². The molecule has 28 heavy (non-hydrogen) atoms. The normalized spacial score (nSPS) is 18.8. The van der Waals surface area contributed by atoms with Gasteiger partial charge in [0, 0.05) is 36.9 Å². The quantitative estimate of drug-likeness (QED) is 0.676. The smallest absolute Gasteiger partial charge is 0.354 e. The van der Waals surface area contributed by atoms with Crippen LogP contribution in [0.3, 0.4) is 0 Å². The summed E-state index contributed by atoms with van der Waals surface area (Å²) in [6.07, 6.45) is -0.387. The van der Waals surface area contributed by atoms with Gasteiger partial charge < -0.3 is 9.88 Å². The molecular formula is C16H17F3N6O2S. The highest BCUT2D eigenvalue weighted by molar-refractivity contribution is 7.89. The summed E-state index contributed by atoms with van der Waals surface area (Å²) in [6.45, 7) is 0.829. The molecule has 150 valence electrons. The fourth-order valence-electron chi connectivity index (χ4n) is 3.55. The van der Waals surface area contributed by atoms with Crippen molar-refractivity contribution in [3.05, 3.63) is 24.5 Å². The molecule has 0 spiro atoms. The average Bonchev–Trinajstić information content (AvgIpc) is 3.07. The van der Waals surface area contributed by atoms with Crippen LogP contribution in [-0.4, -0.2) is 59.6 Å². The summed E-state index contributed by atoms with van der Waals surface area (Å²) >= 11 is 0. The van der Waals surface area contributed by atoms with Gasteiger partial charge in [-0.15, -0.1) is 10.2 Å². The molecule has 3 aromatic rings. The van der Waals surface area contributed by atoms with E-state index in [1.807, 2.05) is 11.0 Å². The highest BCUT2D eigenvalue weighted by Gasteiger charge is 2.37. The highest BCUT2D eigenvalue weighted by atomic mass is 32.2. The first-order valence-electron chi connectivity index (χ1n) is 8.62. The molecule has 1 saturated heterocycles. The van der Waals surface area contributed by atoms with Gasteiger partial charge in [0.1, 0.15) is 5.82 Å². The van der Waals surface area contributed by atoms with Gasteiger partial charge in [0.05, 0.1) is 10.9 Å². The molecule has 0 saturated carbocycles. The maximum absolute atomic E-state index is 12.5. The fourth-order valence-corrected chi connectivity index (χ4v) is 4.76. The Kier molecular flexibility index (Phi) is 4.62. The third-order valence-corrected chi connectivity index (χ3v) is 5.98. The van der Waals surface area contributed by atoms with Crippen molar-refractivity contribution in [1.29, 1.82) is 0 Å². The van der Waals surface area contributed by atoms with Crippen molar-refractivity contribution in [2.45, 2.75) is 25.1 Å². The molecule has 1 fully saturated rings. The van der Waals surface area contributed by atoms with Crippen LogP contribution in [0, 0.1) is 0 Å². The van der Waals surface area contributed by atoms with Crippen molar-refractivity contribution in [2.75, 3.05) is 23.7 Å². The minimum absolute atomic E-state index is 0.220. The van der Waals surface area contributed by atoms with Crippen LogP contribution in [0.1, 0.15) is 12.8 Å². The van der Waals surface area contributed by atoms with Crippen molar-refractivity contribution in [1.82, 2.24) is 24.9 Å². The number of aromatic nitrogens is 4. The Morgan fingerprint density at radius 2 is 2.11 bits per heavy atom. The van der Waals surface area contributed by atoms with E-state index in [4.69, 9.17) is 0 Å². The zero-order chi connectivity index (χ0) is 19.9. The molecule has 0 bridgehead atoms. The van der Waals surface area contributed by atoms with E-state index in [9.17, 15) is 21.6 Å². The van der Waals surface area contributed by atoms with Crippen LogP contribution in [0.5, 0.6) is 0 Å². The van der Waals surface area contributed by atoms with E-state index in [-0.39, 0.29) is 6.54 Å². The van der Waals surface area contributed by atoms with E-state index in [2.05, 4.69) is 24.9 Å². The molecule has 8 nitrogen and oxygen atoms in total. The standard InChI is InChI=1S/C16H17F3N6O2S/c17-16(18,19)9-28(26,27)24-10-2-1-7-25(8-10)15-13-11-3-5-20-14(11)23-22-12(13)4-6-21-15/h3-6,10,24H,1-2,7-9H2,(H,20,23). The monoisotopic (exact) mass is 414 g/mol. The number of piperidine rings is 1. The van der Waals surface area contributed by atoms with E-state index in [0.717, 1.165) is 10.8 Å². The van der Waals surface area contributed by atoms with Gasteiger partial charge in [0.2, 0.25) is 10.0 Å². The first kappa shape index (κ1) is 18.9. The number of fused-ring (bicyclic) bond motifs is 3. The second-order valence-electron chi connectivity index (χ2n) is 6.75. The number of rotatable bonds is 4. The Morgan fingerprint density at radius 3 is 2.89 bits per heavy atom. The van der Waals surface area contributed by atoms with E-state index in [1.165, 1.54) is 0 Å². The third-order valence-electron chi connectivity index (χ3n) is 4.58. The van der Waals surface area contributed by atoms with Gasteiger partial charge in [-0.1, -0.05) is 0 Å². The molecule has 2 N–H and O–H groups in total. The van der Waals surface area contributed by atoms with Gasteiger partial charge in [-0.05, 0) is 25.0 Å². The predicted octanol–water partition coefficient (Wildman–Crippen LogP) is 1.96. The lowest BCUT2D eigenvalue weighted by Gasteiger charge is -2.34. The Balaban J connectivity index is 1.63. The Labute approximate surface area is 158 Å². The topological polar surface area (TPSA) is 104 Å². The number of nitrogens with one attached hydrogen (secondary N) is 2. The summed E-state index contributed by atoms with van der Waals surface area (Å²) in [6, 6.07) is 2.95. The number of sulfonamides is 1. The maximum atomic E-state index is 12.5. The van der Waals surface area contributed by atoms with Gasteiger partial charge in [-0.25, -0.2) is 18.1 Å². The molecule has 1 unspecified atom stereocenters. The van der Waals surface area contributed by atoms with Crippen molar-refractivity contribution in [3.63, 3.8) is 0 Å². The minimum Gasteiger partial charge on any atom is -0.354 e. The Morgan fingerprint density at radius 1 is 1.29 bits per heavy atom. The number of hydrogen-bond acceptors (Lipinski definition) is 6. The third kappa shape index (κ3) is 3.87. The fraction of sp³-hybridized carbons (Fsp3) is 0.438. The summed E-state index contributed by atoms with van der Waals surface area (Å²) in [5, 5.41) is 9.87. The molecule has 4 rings (SSSR count). The Hall–Kier alpha value is -2.47. The zero-order valence-electron chi connectivity index (χ0n) is 14.6. The number of halogens is 3. The second kappa shape index (κ2) is 6.85. The molecule has 0 aliphatic carbocycles. The van der Waals surface area contributed by atoms with Crippen LogP contribution in [0.15, 0.2) is 24.5 Å². The molecule has 1 aliphatic heterocycles. The number of anilines is 1. The van der Waals surface area contributed by atoms with Gasteiger partial charge in [0.15, 0.2) is 11.4 Å². The van der Waals surface area contributed by atoms with Crippen LogP contribution in [-0.2, 0) is 10.0 Å².